The molecule has 0 saturated heterocycles. The summed E-state index contributed by atoms with van der Waals surface area (Å²) >= 11 is 1.54. The Hall–Kier alpha value is -1.56. The summed E-state index contributed by atoms with van der Waals surface area (Å²) in [5, 5.41) is 10.7. The standard InChI is InChI=1S/C12H16N2O3S/c1-4-7-18-11-6-5-9(14(16)17)8-10(11)12(15)13(2)3/h5-6,8H,4,7H2,1-3H3. The van der Waals surface area contributed by atoms with Gasteiger partial charge in [0.15, 0.2) is 0 Å². The first-order valence-corrected chi connectivity index (χ1v) is 6.58. The third-order valence-electron chi connectivity index (χ3n) is 2.27. The van der Waals surface area contributed by atoms with E-state index in [2.05, 4.69) is 0 Å². The third-order valence-corrected chi connectivity index (χ3v) is 3.55. The van der Waals surface area contributed by atoms with Gasteiger partial charge in [0.05, 0.1) is 10.5 Å². The van der Waals surface area contributed by atoms with E-state index in [1.54, 1.807) is 31.9 Å². The molecule has 5 nitrogen and oxygen atoms in total. The fourth-order valence-electron chi connectivity index (χ4n) is 1.38. The van der Waals surface area contributed by atoms with Gasteiger partial charge in [0.1, 0.15) is 0 Å². The van der Waals surface area contributed by atoms with Crippen LogP contribution in [-0.4, -0.2) is 35.6 Å². The molecule has 18 heavy (non-hydrogen) atoms. The largest absolute Gasteiger partial charge is 0.345 e. The summed E-state index contributed by atoms with van der Waals surface area (Å²) < 4.78 is 0. The second-order valence-electron chi connectivity index (χ2n) is 3.99. The Morgan fingerprint density at radius 3 is 2.61 bits per heavy atom. The molecule has 0 N–H and O–H groups in total. The number of benzene rings is 1. The highest BCUT2D eigenvalue weighted by atomic mass is 32.2. The highest BCUT2D eigenvalue weighted by Gasteiger charge is 2.18. The van der Waals surface area contributed by atoms with Gasteiger partial charge in [-0.15, -0.1) is 11.8 Å². The van der Waals surface area contributed by atoms with Crippen LogP contribution in [0.1, 0.15) is 23.7 Å². The molecule has 6 heteroatoms. The summed E-state index contributed by atoms with van der Waals surface area (Å²) in [6, 6.07) is 4.43. The molecule has 0 aromatic heterocycles. The van der Waals surface area contributed by atoms with E-state index < -0.39 is 4.92 Å². The van der Waals surface area contributed by atoms with Crippen LogP contribution in [0.3, 0.4) is 0 Å². The summed E-state index contributed by atoms with van der Waals surface area (Å²) in [6.07, 6.45) is 0.983. The van der Waals surface area contributed by atoms with Crippen molar-refractivity contribution in [2.75, 3.05) is 19.8 Å². The van der Waals surface area contributed by atoms with Crippen molar-refractivity contribution in [1.29, 1.82) is 0 Å². The Balaban J connectivity index is 3.17. The molecular weight excluding hydrogens is 252 g/mol. The number of amides is 1. The van der Waals surface area contributed by atoms with Crippen LogP contribution >= 0.6 is 11.8 Å². The molecule has 1 rings (SSSR count). The van der Waals surface area contributed by atoms with Crippen molar-refractivity contribution in [3.63, 3.8) is 0 Å². The molecule has 0 fully saturated rings. The molecule has 0 heterocycles. The van der Waals surface area contributed by atoms with E-state index in [-0.39, 0.29) is 11.6 Å². The molecule has 1 amide bonds. The fraction of sp³-hybridized carbons (Fsp3) is 0.417. The SMILES string of the molecule is CCCSc1ccc([N+](=O)[O-])cc1C(=O)N(C)C. The van der Waals surface area contributed by atoms with Gasteiger partial charge in [-0.3, -0.25) is 14.9 Å². The molecule has 0 bridgehead atoms. The molecule has 0 aliphatic carbocycles. The van der Waals surface area contributed by atoms with Crippen molar-refractivity contribution >= 4 is 23.4 Å². The monoisotopic (exact) mass is 268 g/mol. The van der Waals surface area contributed by atoms with Crippen LogP contribution in [0, 0.1) is 10.1 Å². The van der Waals surface area contributed by atoms with E-state index in [1.165, 1.54) is 17.0 Å². The van der Waals surface area contributed by atoms with Crippen LogP contribution in [0.25, 0.3) is 0 Å². The fourth-order valence-corrected chi connectivity index (χ4v) is 2.27. The van der Waals surface area contributed by atoms with E-state index >= 15 is 0 Å². The smallest absolute Gasteiger partial charge is 0.270 e. The lowest BCUT2D eigenvalue weighted by atomic mass is 10.2. The van der Waals surface area contributed by atoms with E-state index in [1.807, 2.05) is 6.92 Å². The second-order valence-corrected chi connectivity index (χ2v) is 5.12. The highest BCUT2D eigenvalue weighted by molar-refractivity contribution is 7.99. The van der Waals surface area contributed by atoms with Crippen molar-refractivity contribution in [3.8, 4) is 0 Å². The predicted molar refractivity (Wildman–Crippen MR) is 72.1 cm³/mol. The lowest BCUT2D eigenvalue weighted by Gasteiger charge is -2.13. The Kier molecular flexibility index (Phi) is 5.15. The van der Waals surface area contributed by atoms with Crippen LogP contribution in [0.15, 0.2) is 23.1 Å². The second kappa shape index (κ2) is 6.39. The number of nitro benzene ring substituents is 1. The van der Waals surface area contributed by atoms with Gasteiger partial charge in [-0.1, -0.05) is 6.92 Å². The van der Waals surface area contributed by atoms with Gasteiger partial charge in [0.25, 0.3) is 11.6 Å². The van der Waals surface area contributed by atoms with Crippen molar-refractivity contribution in [1.82, 2.24) is 4.90 Å². The molecule has 0 unspecified atom stereocenters. The van der Waals surface area contributed by atoms with E-state index in [0.717, 1.165) is 17.1 Å². The van der Waals surface area contributed by atoms with Gasteiger partial charge in [-0.2, -0.15) is 0 Å². The molecular formula is C12H16N2O3S. The van der Waals surface area contributed by atoms with Crippen LogP contribution in [-0.2, 0) is 0 Å². The predicted octanol–water partition coefficient (Wildman–Crippen LogP) is 2.80. The Bertz CT molecular complexity index is 461. The van der Waals surface area contributed by atoms with E-state index in [4.69, 9.17) is 0 Å². The van der Waals surface area contributed by atoms with Gasteiger partial charge in [0.2, 0.25) is 0 Å². The summed E-state index contributed by atoms with van der Waals surface area (Å²) in [7, 11) is 3.27. The number of carbonyl (C=O) groups excluding carboxylic acids is 1. The van der Waals surface area contributed by atoms with Crippen molar-refractivity contribution in [2.24, 2.45) is 0 Å². The van der Waals surface area contributed by atoms with Crippen molar-refractivity contribution < 1.29 is 9.72 Å². The molecule has 0 radical (unpaired) electrons. The minimum atomic E-state index is -0.485. The Labute approximate surface area is 110 Å². The molecule has 0 atom stereocenters. The Morgan fingerprint density at radius 2 is 2.11 bits per heavy atom. The topological polar surface area (TPSA) is 63.5 Å². The van der Waals surface area contributed by atoms with Crippen LogP contribution in [0.4, 0.5) is 5.69 Å². The molecule has 1 aromatic rings. The average molecular weight is 268 g/mol. The zero-order valence-electron chi connectivity index (χ0n) is 10.7. The number of nitrogens with zero attached hydrogens (tertiary/aromatic N) is 2. The Morgan fingerprint density at radius 1 is 1.44 bits per heavy atom. The number of thioether (sulfide) groups is 1. The van der Waals surface area contributed by atoms with Crippen molar-refractivity contribution in [3.05, 3.63) is 33.9 Å². The summed E-state index contributed by atoms with van der Waals surface area (Å²) in [5.41, 5.74) is 0.341. The molecule has 0 aliphatic heterocycles. The minimum absolute atomic E-state index is 0.0546. The van der Waals surface area contributed by atoms with Crippen LogP contribution in [0.5, 0.6) is 0 Å². The summed E-state index contributed by atoms with van der Waals surface area (Å²) in [4.78, 5) is 24.5. The zero-order valence-corrected chi connectivity index (χ0v) is 11.5. The van der Waals surface area contributed by atoms with Gasteiger partial charge in [-0.05, 0) is 18.2 Å². The summed E-state index contributed by atoms with van der Waals surface area (Å²) in [6.45, 7) is 2.05. The van der Waals surface area contributed by atoms with Crippen LogP contribution in [0.2, 0.25) is 0 Å². The maximum atomic E-state index is 12.0. The zero-order chi connectivity index (χ0) is 13.7. The lowest BCUT2D eigenvalue weighted by Crippen LogP contribution is -2.22. The number of carbonyl (C=O) groups is 1. The van der Waals surface area contributed by atoms with Crippen molar-refractivity contribution in [2.45, 2.75) is 18.2 Å². The lowest BCUT2D eigenvalue weighted by molar-refractivity contribution is -0.384. The molecule has 0 aliphatic rings. The molecule has 0 spiro atoms. The maximum absolute atomic E-state index is 12.0. The first kappa shape index (κ1) is 14.5. The first-order valence-electron chi connectivity index (χ1n) is 5.60. The minimum Gasteiger partial charge on any atom is -0.345 e. The number of hydrogen-bond acceptors (Lipinski definition) is 4. The number of non-ortho nitro benzene ring substituents is 1. The van der Waals surface area contributed by atoms with E-state index in [0.29, 0.717) is 5.56 Å². The normalized spacial score (nSPS) is 10.2. The van der Waals surface area contributed by atoms with Gasteiger partial charge in [-0.25, -0.2) is 0 Å². The van der Waals surface area contributed by atoms with Crippen LogP contribution < -0.4 is 0 Å². The quantitative estimate of drug-likeness (QED) is 0.468. The number of nitro groups is 1. The molecule has 98 valence electrons. The molecule has 1 aromatic carbocycles. The van der Waals surface area contributed by atoms with Gasteiger partial charge < -0.3 is 4.90 Å². The maximum Gasteiger partial charge on any atom is 0.270 e. The van der Waals surface area contributed by atoms with Gasteiger partial charge >= 0.3 is 0 Å². The molecule has 0 saturated carbocycles. The average Bonchev–Trinajstić information content (AvgIpc) is 2.34. The van der Waals surface area contributed by atoms with E-state index in [9.17, 15) is 14.9 Å². The van der Waals surface area contributed by atoms with Gasteiger partial charge in [0, 0.05) is 31.1 Å². The highest BCUT2D eigenvalue weighted by Crippen LogP contribution is 2.27. The number of rotatable bonds is 5. The first-order chi connectivity index (χ1) is 8.47. The number of hydrogen-bond donors (Lipinski definition) is 0. The summed E-state index contributed by atoms with van der Waals surface area (Å²) in [5.74, 6) is 0.670. The third kappa shape index (κ3) is 3.46.